The number of nitrogens with two attached hydrogens (primary N) is 1. The van der Waals surface area contributed by atoms with Gasteiger partial charge in [0.05, 0.1) is 0 Å². The van der Waals surface area contributed by atoms with E-state index >= 15 is 0 Å². The second kappa shape index (κ2) is 5.56. The largest absolute Gasteiger partial charge is 0.330 e. The van der Waals surface area contributed by atoms with Crippen LogP contribution in [0.5, 0.6) is 0 Å². The molecule has 1 aromatic rings. The predicted molar refractivity (Wildman–Crippen MR) is 53.4 cm³/mol. The first-order valence-corrected chi connectivity index (χ1v) is 4.79. The molecule has 0 spiro atoms. The van der Waals surface area contributed by atoms with Crippen molar-refractivity contribution in [1.29, 1.82) is 0 Å². The van der Waals surface area contributed by atoms with E-state index in [1.54, 1.807) is 0 Å². The molecule has 0 aliphatic carbocycles. The Labute approximate surface area is 87.1 Å². The van der Waals surface area contributed by atoms with E-state index in [0.717, 1.165) is 12.1 Å². The number of ketones is 1. The highest BCUT2D eigenvalue weighted by Gasteiger charge is 2.08. The van der Waals surface area contributed by atoms with Gasteiger partial charge < -0.3 is 5.73 Å². The van der Waals surface area contributed by atoms with Crippen molar-refractivity contribution < 1.29 is 13.6 Å². The molecular weight excluding hydrogens is 200 g/mol. The molecule has 1 rings (SSSR count). The van der Waals surface area contributed by atoms with Crippen LogP contribution < -0.4 is 5.73 Å². The SMILES string of the molecule is NCCCC(=O)Cc1ccc(F)cc1F. The summed E-state index contributed by atoms with van der Waals surface area (Å²) in [7, 11) is 0. The Morgan fingerprint density at radius 2 is 2.07 bits per heavy atom. The first-order chi connectivity index (χ1) is 7.13. The standard InChI is InChI=1S/C11H13F2NO/c12-9-4-3-8(11(13)7-9)6-10(15)2-1-5-14/h3-4,7H,1-2,5-6,14H2. The molecule has 0 aliphatic heterocycles. The molecule has 1 aromatic carbocycles. The molecule has 0 fully saturated rings. The van der Waals surface area contributed by atoms with Crippen LogP contribution in [0.4, 0.5) is 8.78 Å². The van der Waals surface area contributed by atoms with Crippen molar-refractivity contribution in [2.45, 2.75) is 19.3 Å². The molecule has 4 heteroatoms. The molecule has 0 saturated carbocycles. The van der Waals surface area contributed by atoms with Crippen LogP contribution in [0.25, 0.3) is 0 Å². The number of Topliss-reactive ketones (excluding diaryl/α,β-unsaturated/α-hetero) is 1. The summed E-state index contributed by atoms with van der Waals surface area (Å²) in [6.45, 7) is 0.442. The lowest BCUT2D eigenvalue weighted by Crippen LogP contribution is -2.08. The molecule has 0 aliphatic rings. The zero-order valence-electron chi connectivity index (χ0n) is 8.30. The Morgan fingerprint density at radius 3 is 2.67 bits per heavy atom. The first kappa shape index (κ1) is 11.8. The average molecular weight is 213 g/mol. The highest BCUT2D eigenvalue weighted by Crippen LogP contribution is 2.11. The van der Waals surface area contributed by atoms with Crippen LogP contribution in [0.15, 0.2) is 18.2 Å². The summed E-state index contributed by atoms with van der Waals surface area (Å²) < 4.78 is 25.7. The maximum absolute atomic E-state index is 13.1. The molecule has 0 radical (unpaired) electrons. The summed E-state index contributed by atoms with van der Waals surface area (Å²) in [6, 6.07) is 3.23. The predicted octanol–water partition coefficient (Wildman–Crippen LogP) is 1.82. The van der Waals surface area contributed by atoms with Gasteiger partial charge in [0.25, 0.3) is 0 Å². The summed E-state index contributed by atoms with van der Waals surface area (Å²) in [5, 5.41) is 0. The lowest BCUT2D eigenvalue weighted by Gasteiger charge is -2.02. The summed E-state index contributed by atoms with van der Waals surface area (Å²) in [5.41, 5.74) is 5.48. The molecule has 0 bridgehead atoms. The Bertz CT molecular complexity index is 352. The molecule has 0 aromatic heterocycles. The zero-order valence-corrected chi connectivity index (χ0v) is 8.30. The van der Waals surface area contributed by atoms with E-state index < -0.39 is 11.6 Å². The molecule has 82 valence electrons. The second-order valence-corrected chi connectivity index (χ2v) is 3.34. The van der Waals surface area contributed by atoms with E-state index in [1.807, 2.05) is 0 Å². The third kappa shape index (κ3) is 3.75. The first-order valence-electron chi connectivity index (χ1n) is 4.79. The highest BCUT2D eigenvalue weighted by molar-refractivity contribution is 5.80. The number of benzene rings is 1. The number of halogens is 2. The van der Waals surface area contributed by atoms with Crippen LogP contribution in [0.2, 0.25) is 0 Å². The molecule has 0 unspecified atom stereocenters. The third-order valence-corrected chi connectivity index (χ3v) is 2.06. The maximum Gasteiger partial charge on any atom is 0.137 e. The van der Waals surface area contributed by atoms with Gasteiger partial charge in [-0.3, -0.25) is 4.79 Å². The van der Waals surface area contributed by atoms with Crippen molar-refractivity contribution in [3.63, 3.8) is 0 Å². The highest BCUT2D eigenvalue weighted by atomic mass is 19.1. The van der Waals surface area contributed by atoms with E-state index in [-0.39, 0.29) is 17.8 Å². The van der Waals surface area contributed by atoms with Gasteiger partial charge in [0, 0.05) is 18.9 Å². The fourth-order valence-electron chi connectivity index (χ4n) is 1.27. The van der Waals surface area contributed by atoms with Crippen LogP contribution in [0.1, 0.15) is 18.4 Å². The van der Waals surface area contributed by atoms with Crippen molar-refractivity contribution in [3.8, 4) is 0 Å². The van der Waals surface area contributed by atoms with E-state index in [2.05, 4.69) is 0 Å². The van der Waals surface area contributed by atoms with Crippen molar-refractivity contribution in [3.05, 3.63) is 35.4 Å². The zero-order chi connectivity index (χ0) is 11.3. The normalized spacial score (nSPS) is 10.3. The molecule has 0 heterocycles. The molecule has 15 heavy (non-hydrogen) atoms. The van der Waals surface area contributed by atoms with Crippen molar-refractivity contribution in [1.82, 2.24) is 0 Å². The van der Waals surface area contributed by atoms with E-state index in [4.69, 9.17) is 5.73 Å². The number of carbonyl (C=O) groups excluding carboxylic acids is 1. The molecular formula is C11H13F2NO. The van der Waals surface area contributed by atoms with Crippen LogP contribution in [-0.4, -0.2) is 12.3 Å². The van der Waals surface area contributed by atoms with E-state index in [9.17, 15) is 13.6 Å². The third-order valence-electron chi connectivity index (χ3n) is 2.06. The van der Waals surface area contributed by atoms with Gasteiger partial charge in [-0.05, 0) is 24.6 Å². The lowest BCUT2D eigenvalue weighted by molar-refractivity contribution is -0.118. The van der Waals surface area contributed by atoms with Gasteiger partial charge >= 0.3 is 0 Å². The summed E-state index contributed by atoms with van der Waals surface area (Å²) in [6.07, 6.45) is 0.946. The van der Waals surface area contributed by atoms with Crippen LogP contribution >= 0.6 is 0 Å². The summed E-state index contributed by atoms with van der Waals surface area (Å²) in [4.78, 5) is 11.3. The van der Waals surface area contributed by atoms with Crippen LogP contribution in [-0.2, 0) is 11.2 Å². The molecule has 2 N–H and O–H groups in total. The number of carbonyl (C=O) groups is 1. The number of rotatable bonds is 5. The van der Waals surface area contributed by atoms with Crippen molar-refractivity contribution in [2.75, 3.05) is 6.54 Å². The van der Waals surface area contributed by atoms with E-state index in [0.29, 0.717) is 19.4 Å². The maximum atomic E-state index is 13.1. The van der Waals surface area contributed by atoms with E-state index in [1.165, 1.54) is 6.07 Å². The Balaban J connectivity index is 2.60. The van der Waals surface area contributed by atoms with Crippen LogP contribution in [0.3, 0.4) is 0 Å². The van der Waals surface area contributed by atoms with Crippen molar-refractivity contribution >= 4 is 5.78 Å². The monoisotopic (exact) mass is 213 g/mol. The van der Waals surface area contributed by atoms with Gasteiger partial charge in [0.15, 0.2) is 0 Å². The van der Waals surface area contributed by atoms with Gasteiger partial charge in [-0.25, -0.2) is 8.78 Å². The average Bonchev–Trinajstić information content (AvgIpc) is 2.19. The minimum absolute atomic E-state index is 0.00606. The molecule has 0 atom stereocenters. The second-order valence-electron chi connectivity index (χ2n) is 3.34. The van der Waals surface area contributed by atoms with Gasteiger partial charge in [0.1, 0.15) is 17.4 Å². The minimum atomic E-state index is -0.670. The van der Waals surface area contributed by atoms with Gasteiger partial charge in [-0.2, -0.15) is 0 Å². The Morgan fingerprint density at radius 1 is 1.33 bits per heavy atom. The molecule has 0 saturated heterocycles. The fourth-order valence-corrected chi connectivity index (χ4v) is 1.27. The lowest BCUT2D eigenvalue weighted by atomic mass is 10.1. The fraction of sp³-hybridized carbons (Fsp3) is 0.364. The smallest absolute Gasteiger partial charge is 0.137 e. The Kier molecular flexibility index (Phi) is 4.37. The number of hydrogen-bond acceptors (Lipinski definition) is 2. The quantitative estimate of drug-likeness (QED) is 0.810. The van der Waals surface area contributed by atoms with Crippen molar-refractivity contribution in [2.24, 2.45) is 5.73 Å². The van der Waals surface area contributed by atoms with Gasteiger partial charge in [0.2, 0.25) is 0 Å². The van der Waals surface area contributed by atoms with Gasteiger partial charge in [-0.1, -0.05) is 6.07 Å². The Hall–Kier alpha value is -1.29. The summed E-state index contributed by atoms with van der Waals surface area (Å²) in [5.74, 6) is -1.38. The topological polar surface area (TPSA) is 43.1 Å². The minimum Gasteiger partial charge on any atom is -0.330 e. The van der Waals surface area contributed by atoms with Gasteiger partial charge in [-0.15, -0.1) is 0 Å². The van der Waals surface area contributed by atoms with Crippen LogP contribution in [0, 0.1) is 11.6 Å². The summed E-state index contributed by atoms with van der Waals surface area (Å²) >= 11 is 0. The molecule has 2 nitrogen and oxygen atoms in total. The molecule has 0 amide bonds. The number of hydrogen-bond donors (Lipinski definition) is 1.